The van der Waals surface area contributed by atoms with Gasteiger partial charge in [-0.15, -0.1) is 11.3 Å². The van der Waals surface area contributed by atoms with E-state index in [1.807, 2.05) is 11.3 Å². The van der Waals surface area contributed by atoms with Gasteiger partial charge in [0.2, 0.25) is 0 Å². The fourth-order valence-electron chi connectivity index (χ4n) is 9.68. The number of benzene rings is 9. The first-order chi connectivity index (χ1) is 30.2. The third-order valence-corrected chi connectivity index (χ3v) is 13.7. The molecule has 13 rings (SSSR count). The molecule has 0 saturated heterocycles. The molecule has 0 bridgehead atoms. The number of thiophene rings is 1. The predicted octanol–water partition coefficient (Wildman–Crippen LogP) is 15.8. The number of nitrogens with zero attached hydrogens (tertiary/aromatic N) is 3. The highest BCUT2D eigenvalue weighted by Crippen LogP contribution is 2.42. The molecule has 284 valence electrons. The highest BCUT2D eigenvalue weighted by Gasteiger charge is 2.19. The second-order valence-electron chi connectivity index (χ2n) is 15.9. The van der Waals surface area contributed by atoms with Crippen molar-refractivity contribution in [1.82, 2.24) is 14.0 Å². The Bertz CT molecular complexity index is 3850. The molecule has 4 heteroatoms. The molecule has 3 nitrogen and oxygen atoms in total. The van der Waals surface area contributed by atoms with Gasteiger partial charge in [0.05, 0.1) is 32.5 Å². The van der Waals surface area contributed by atoms with Crippen molar-refractivity contribution in [3.8, 4) is 50.3 Å². The molecule has 0 aliphatic heterocycles. The first-order valence-corrected chi connectivity index (χ1v) is 21.6. The van der Waals surface area contributed by atoms with E-state index in [4.69, 9.17) is 4.98 Å². The van der Waals surface area contributed by atoms with Crippen molar-refractivity contribution in [3.63, 3.8) is 0 Å². The average Bonchev–Trinajstić information content (AvgIpc) is 4.01. The van der Waals surface area contributed by atoms with Gasteiger partial charge in [0.1, 0.15) is 0 Å². The van der Waals surface area contributed by atoms with Crippen LogP contribution in [0.2, 0.25) is 0 Å². The van der Waals surface area contributed by atoms with Gasteiger partial charge in [0.15, 0.2) is 5.65 Å². The second kappa shape index (κ2) is 13.4. The van der Waals surface area contributed by atoms with Crippen LogP contribution in [-0.2, 0) is 0 Å². The smallest absolute Gasteiger partial charge is 0.156 e. The summed E-state index contributed by atoms with van der Waals surface area (Å²) in [7, 11) is 0. The Morgan fingerprint density at radius 2 is 0.918 bits per heavy atom. The number of fused-ring (bicyclic) bond motifs is 11. The molecule has 0 amide bonds. The summed E-state index contributed by atoms with van der Waals surface area (Å²) >= 11 is 1.83. The minimum absolute atomic E-state index is 1.01. The molecule has 0 saturated carbocycles. The van der Waals surface area contributed by atoms with Crippen LogP contribution in [0, 0.1) is 0 Å². The first kappa shape index (κ1) is 34.1. The van der Waals surface area contributed by atoms with Crippen LogP contribution in [0.3, 0.4) is 0 Å². The first-order valence-electron chi connectivity index (χ1n) is 20.8. The standard InChI is InChI=1S/C57H35N3S/c1-2-12-41(13-3-1)59-51-19-9-6-16-46(51)48-34-40(30-33-52(48)59)36-22-24-37(25-23-36)42-31-32-43(45-15-5-4-14-44(42)45)38-26-28-39(29-27-38)54-35-49-47-17-7-11-21-55(47)61-56(49)57-58-50-18-8-10-20-53(50)60(54)57/h1-35H. The number of aromatic nitrogens is 3. The van der Waals surface area contributed by atoms with E-state index in [2.05, 4.69) is 221 Å². The Morgan fingerprint density at radius 1 is 0.361 bits per heavy atom. The lowest BCUT2D eigenvalue weighted by Crippen LogP contribution is -1.93. The Kier molecular flexibility index (Phi) is 7.47. The predicted molar refractivity (Wildman–Crippen MR) is 259 cm³/mol. The largest absolute Gasteiger partial charge is 0.309 e. The van der Waals surface area contributed by atoms with Crippen LogP contribution in [0.4, 0.5) is 0 Å². The van der Waals surface area contributed by atoms with Crippen molar-refractivity contribution in [2.24, 2.45) is 0 Å². The SMILES string of the molecule is c1ccc(-n2c3ccccc3c3cc(-c4ccc(-c5ccc(-c6ccc(-c7cc8c9ccccc9sc8c8nc9ccccc9n78)cc6)c6ccccc56)cc4)ccc32)cc1. The van der Waals surface area contributed by atoms with Gasteiger partial charge in [0, 0.05) is 31.9 Å². The van der Waals surface area contributed by atoms with Crippen LogP contribution in [0.15, 0.2) is 212 Å². The van der Waals surface area contributed by atoms with Gasteiger partial charge in [-0.3, -0.25) is 4.40 Å². The maximum atomic E-state index is 5.18. The molecule has 61 heavy (non-hydrogen) atoms. The molecule has 9 aromatic carbocycles. The van der Waals surface area contributed by atoms with Crippen molar-refractivity contribution in [2.75, 3.05) is 0 Å². The molecule has 0 radical (unpaired) electrons. The van der Waals surface area contributed by atoms with E-state index in [-0.39, 0.29) is 0 Å². The zero-order valence-electron chi connectivity index (χ0n) is 33.0. The fraction of sp³-hybridized carbons (Fsp3) is 0. The molecular weight excluding hydrogens is 759 g/mol. The molecule has 0 unspecified atom stereocenters. The lowest BCUT2D eigenvalue weighted by Gasteiger charge is -2.14. The summed E-state index contributed by atoms with van der Waals surface area (Å²) in [6.45, 7) is 0. The Labute approximate surface area is 355 Å². The minimum Gasteiger partial charge on any atom is -0.309 e. The van der Waals surface area contributed by atoms with E-state index in [1.54, 1.807) is 0 Å². The summed E-state index contributed by atoms with van der Waals surface area (Å²) in [6, 6.07) is 77.4. The van der Waals surface area contributed by atoms with E-state index in [0.29, 0.717) is 0 Å². The summed E-state index contributed by atoms with van der Waals surface area (Å²) < 4.78 is 7.23. The molecular formula is C57H35N3S. The molecule has 4 aromatic heterocycles. The summed E-state index contributed by atoms with van der Waals surface area (Å²) in [5.41, 5.74) is 16.3. The van der Waals surface area contributed by atoms with E-state index < -0.39 is 0 Å². The molecule has 0 N–H and O–H groups in total. The third-order valence-electron chi connectivity index (χ3n) is 12.6. The molecule has 0 fully saturated rings. The zero-order valence-corrected chi connectivity index (χ0v) is 33.8. The third kappa shape index (κ3) is 5.26. The lowest BCUT2D eigenvalue weighted by atomic mass is 9.91. The minimum atomic E-state index is 1.01. The molecule has 0 atom stereocenters. The molecule has 4 heterocycles. The lowest BCUT2D eigenvalue weighted by molar-refractivity contribution is 1.18. The number of para-hydroxylation sites is 4. The summed E-state index contributed by atoms with van der Waals surface area (Å²) in [6.07, 6.45) is 0. The Hall–Kier alpha value is -7.79. The van der Waals surface area contributed by atoms with Gasteiger partial charge in [-0.25, -0.2) is 4.98 Å². The summed E-state index contributed by atoms with van der Waals surface area (Å²) in [5, 5.41) is 7.54. The van der Waals surface area contributed by atoms with Gasteiger partial charge < -0.3 is 4.57 Å². The van der Waals surface area contributed by atoms with Gasteiger partial charge in [-0.1, -0.05) is 158 Å². The number of hydrogen-bond acceptors (Lipinski definition) is 2. The van der Waals surface area contributed by atoms with E-state index in [1.165, 1.54) is 91.8 Å². The van der Waals surface area contributed by atoms with Crippen molar-refractivity contribution in [2.45, 2.75) is 0 Å². The van der Waals surface area contributed by atoms with Crippen LogP contribution in [0.25, 0.3) is 120 Å². The molecule has 0 aliphatic carbocycles. The quantitative estimate of drug-likeness (QED) is 0.170. The number of pyridine rings is 1. The van der Waals surface area contributed by atoms with Gasteiger partial charge >= 0.3 is 0 Å². The highest BCUT2D eigenvalue weighted by atomic mass is 32.1. The summed E-state index contributed by atoms with van der Waals surface area (Å²) in [4.78, 5) is 5.18. The van der Waals surface area contributed by atoms with Crippen LogP contribution < -0.4 is 0 Å². The van der Waals surface area contributed by atoms with E-state index >= 15 is 0 Å². The summed E-state index contributed by atoms with van der Waals surface area (Å²) in [5.74, 6) is 0. The van der Waals surface area contributed by atoms with E-state index in [0.717, 1.165) is 27.9 Å². The molecule has 13 aromatic rings. The monoisotopic (exact) mass is 793 g/mol. The topological polar surface area (TPSA) is 22.2 Å². The normalized spacial score (nSPS) is 11.9. The number of imidazole rings is 1. The maximum Gasteiger partial charge on any atom is 0.156 e. The second-order valence-corrected chi connectivity index (χ2v) is 17.0. The van der Waals surface area contributed by atoms with Crippen LogP contribution in [-0.4, -0.2) is 14.0 Å². The van der Waals surface area contributed by atoms with Gasteiger partial charge in [-0.05, 0) is 104 Å². The van der Waals surface area contributed by atoms with E-state index in [9.17, 15) is 0 Å². The Morgan fingerprint density at radius 3 is 1.66 bits per heavy atom. The van der Waals surface area contributed by atoms with Crippen molar-refractivity contribution in [3.05, 3.63) is 212 Å². The molecule has 0 spiro atoms. The van der Waals surface area contributed by atoms with Crippen molar-refractivity contribution in [1.29, 1.82) is 0 Å². The van der Waals surface area contributed by atoms with Crippen LogP contribution in [0.5, 0.6) is 0 Å². The fourth-order valence-corrected chi connectivity index (χ4v) is 10.8. The number of rotatable bonds is 5. The average molecular weight is 794 g/mol. The van der Waals surface area contributed by atoms with Gasteiger partial charge in [-0.2, -0.15) is 0 Å². The zero-order chi connectivity index (χ0) is 40.0. The van der Waals surface area contributed by atoms with Gasteiger partial charge in [0.25, 0.3) is 0 Å². The Balaban J connectivity index is 0.868. The van der Waals surface area contributed by atoms with Crippen molar-refractivity contribution >= 4 is 80.8 Å². The highest BCUT2D eigenvalue weighted by molar-refractivity contribution is 7.26. The van der Waals surface area contributed by atoms with Crippen molar-refractivity contribution < 1.29 is 0 Å². The van der Waals surface area contributed by atoms with Crippen LogP contribution >= 0.6 is 11.3 Å². The van der Waals surface area contributed by atoms with Crippen LogP contribution in [0.1, 0.15) is 0 Å². The maximum absolute atomic E-state index is 5.18. The number of hydrogen-bond donors (Lipinski definition) is 0. The molecule has 0 aliphatic rings.